The molecule has 2 aromatic carbocycles. The number of amidine groups is 1. The third-order valence-corrected chi connectivity index (χ3v) is 6.52. The highest BCUT2D eigenvalue weighted by Crippen LogP contribution is 2.44. The van der Waals surface area contributed by atoms with E-state index in [0.717, 1.165) is 48.8 Å². The van der Waals surface area contributed by atoms with E-state index in [2.05, 4.69) is 27.3 Å². The number of rotatable bonds is 6. The van der Waals surface area contributed by atoms with Gasteiger partial charge >= 0.3 is 0 Å². The smallest absolute Gasteiger partial charge is 0.180 e. The molecule has 2 aliphatic heterocycles. The van der Waals surface area contributed by atoms with Crippen LogP contribution in [-0.4, -0.2) is 42.0 Å². The second-order valence-corrected chi connectivity index (χ2v) is 8.93. The molecule has 0 radical (unpaired) electrons. The standard InChI is InChI=1S/C25H27ClN4O3/c26-19-6-4-18(5-7-19)23-15-31-25-21(2-1-3-22(25)33-23)17-8-10-30(11-9-17)14-24(27)29-13-20-12-28-16-32-20/h1-7,12,16-17,23H,8-11,13-15H2,(H2,27,29). The van der Waals surface area contributed by atoms with Gasteiger partial charge in [0.15, 0.2) is 24.0 Å². The summed E-state index contributed by atoms with van der Waals surface area (Å²) >= 11 is 6.02. The number of halogens is 1. The van der Waals surface area contributed by atoms with Crippen molar-refractivity contribution in [2.24, 2.45) is 0 Å². The number of likely N-dealkylation sites (tertiary alicyclic amines) is 1. The number of aromatic nitrogens is 1. The third-order valence-electron chi connectivity index (χ3n) is 6.27. The Morgan fingerprint density at radius 1 is 1.15 bits per heavy atom. The molecule has 1 aromatic heterocycles. The van der Waals surface area contributed by atoms with Crippen LogP contribution in [0.25, 0.3) is 0 Å². The highest BCUT2D eigenvalue weighted by Gasteiger charge is 2.29. The van der Waals surface area contributed by atoms with E-state index < -0.39 is 0 Å². The maximum absolute atomic E-state index is 8.21. The number of nitrogens with one attached hydrogen (secondary N) is 2. The predicted molar refractivity (Wildman–Crippen MR) is 126 cm³/mol. The monoisotopic (exact) mass is 466 g/mol. The first-order valence-electron chi connectivity index (χ1n) is 11.2. The molecular formula is C25H27ClN4O3. The maximum atomic E-state index is 8.21. The number of oxazole rings is 1. The van der Waals surface area contributed by atoms with Gasteiger partial charge in [0.1, 0.15) is 18.2 Å². The Morgan fingerprint density at radius 3 is 2.73 bits per heavy atom. The maximum Gasteiger partial charge on any atom is 0.180 e. The van der Waals surface area contributed by atoms with E-state index in [0.29, 0.717) is 36.5 Å². The van der Waals surface area contributed by atoms with Gasteiger partial charge in [0, 0.05) is 10.6 Å². The zero-order valence-electron chi connectivity index (χ0n) is 18.3. The summed E-state index contributed by atoms with van der Waals surface area (Å²) in [5.41, 5.74) is 2.28. The molecule has 2 aliphatic rings. The molecule has 0 saturated carbocycles. The highest BCUT2D eigenvalue weighted by molar-refractivity contribution is 6.30. The van der Waals surface area contributed by atoms with Crippen LogP contribution in [-0.2, 0) is 6.54 Å². The summed E-state index contributed by atoms with van der Waals surface area (Å²) in [7, 11) is 0. The molecule has 1 atom stereocenters. The highest BCUT2D eigenvalue weighted by atomic mass is 35.5. The Balaban J connectivity index is 1.17. The summed E-state index contributed by atoms with van der Waals surface area (Å²) in [4.78, 5) is 6.21. The molecule has 1 unspecified atom stereocenters. The second-order valence-electron chi connectivity index (χ2n) is 8.49. The average Bonchev–Trinajstić information content (AvgIpc) is 3.37. The summed E-state index contributed by atoms with van der Waals surface area (Å²) in [6, 6.07) is 13.9. The molecule has 0 spiro atoms. The molecule has 3 aromatic rings. The number of benzene rings is 2. The fraction of sp³-hybridized carbons (Fsp3) is 0.360. The summed E-state index contributed by atoms with van der Waals surface area (Å²) < 4.78 is 17.7. The molecular weight excluding hydrogens is 440 g/mol. The lowest BCUT2D eigenvalue weighted by atomic mass is 9.88. The average molecular weight is 467 g/mol. The zero-order chi connectivity index (χ0) is 22.6. The van der Waals surface area contributed by atoms with Gasteiger partial charge in [-0.1, -0.05) is 35.9 Å². The minimum Gasteiger partial charge on any atom is -0.485 e. The Hall–Kier alpha value is -3.03. The lowest BCUT2D eigenvalue weighted by Gasteiger charge is -2.34. The normalized spacial score (nSPS) is 18.8. The van der Waals surface area contributed by atoms with Gasteiger partial charge in [0.05, 0.1) is 19.3 Å². The molecule has 5 rings (SSSR count). The molecule has 1 fully saturated rings. The van der Waals surface area contributed by atoms with Gasteiger partial charge in [-0.25, -0.2) is 4.98 Å². The van der Waals surface area contributed by atoms with Crippen LogP contribution in [0.3, 0.4) is 0 Å². The largest absolute Gasteiger partial charge is 0.485 e. The van der Waals surface area contributed by atoms with E-state index in [1.165, 1.54) is 12.0 Å². The molecule has 0 amide bonds. The molecule has 0 bridgehead atoms. The summed E-state index contributed by atoms with van der Waals surface area (Å²) in [5, 5.41) is 12.0. The number of para-hydroxylation sites is 1. The number of hydrogen-bond acceptors (Lipinski definition) is 6. The van der Waals surface area contributed by atoms with Crippen molar-refractivity contribution < 1.29 is 13.9 Å². The van der Waals surface area contributed by atoms with Gasteiger partial charge in [-0.2, -0.15) is 0 Å². The van der Waals surface area contributed by atoms with Crippen LogP contribution in [0.4, 0.5) is 0 Å². The molecule has 172 valence electrons. The number of ether oxygens (including phenoxy) is 2. The van der Waals surface area contributed by atoms with E-state index in [4.69, 9.17) is 30.9 Å². The summed E-state index contributed by atoms with van der Waals surface area (Å²) in [6.07, 6.45) is 4.98. The van der Waals surface area contributed by atoms with Crippen molar-refractivity contribution in [3.63, 3.8) is 0 Å². The number of piperidine rings is 1. The van der Waals surface area contributed by atoms with Crippen LogP contribution in [0.2, 0.25) is 5.02 Å². The van der Waals surface area contributed by atoms with Crippen molar-refractivity contribution in [1.29, 1.82) is 5.41 Å². The fourth-order valence-electron chi connectivity index (χ4n) is 4.49. The topological polar surface area (TPSA) is 83.6 Å². The van der Waals surface area contributed by atoms with Crippen LogP contribution in [0.15, 0.2) is 59.5 Å². The Labute approximate surface area is 198 Å². The van der Waals surface area contributed by atoms with E-state index >= 15 is 0 Å². The number of hydrogen-bond donors (Lipinski definition) is 2. The van der Waals surface area contributed by atoms with Crippen LogP contribution < -0.4 is 14.8 Å². The van der Waals surface area contributed by atoms with Crippen molar-refractivity contribution in [3.05, 3.63) is 77.0 Å². The first kappa shape index (κ1) is 21.8. The van der Waals surface area contributed by atoms with E-state index in [-0.39, 0.29) is 6.10 Å². The number of fused-ring (bicyclic) bond motifs is 1. The van der Waals surface area contributed by atoms with Crippen molar-refractivity contribution in [2.75, 3.05) is 26.2 Å². The SMILES string of the molecule is N=C(CN1CCC(c2cccc3c2OCC(c2ccc(Cl)cc2)O3)CC1)NCc1cnco1. The molecule has 7 nitrogen and oxygen atoms in total. The van der Waals surface area contributed by atoms with Crippen LogP contribution >= 0.6 is 11.6 Å². The predicted octanol–water partition coefficient (Wildman–Crippen LogP) is 4.79. The molecule has 8 heteroatoms. The first-order valence-corrected chi connectivity index (χ1v) is 11.6. The molecule has 33 heavy (non-hydrogen) atoms. The Bertz CT molecular complexity index is 1080. The molecule has 3 heterocycles. The summed E-state index contributed by atoms with van der Waals surface area (Å²) in [5.74, 6) is 3.32. The first-order chi connectivity index (χ1) is 16.2. The van der Waals surface area contributed by atoms with E-state index in [9.17, 15) is 0 Å². The van der Waals surface area contributed by atoms with Crippen LogP contribution in [0, 0.1) is 5.41 Å². The Morgan fingerprint density at radius 2 is 1.97 bits per heavy atom. The molecule has 0 aliphatic carbocycles. The van der Waals surface area contributed by atoms with E-state index in [1.54, 1.807) is 6.20 Å². The molecule has 2 N–H and O–H groups in total. The lowest BCUT2D eigenvalue weighted by molar-refractivity contribution is 0.0890. The van der Waals surface area contributed by atoms with Gasteiger partial charge < -0.3 is 19.2 Å². The molecule has 1 saturated heterocycles. The van der Waals surface area contributed by atoms with Crippen molar-refractivity contribution in [2.45, 2.75) is 31.4 Å². The van der Waals surface area contributed by atoms with Crippen molar-refractivity contribution >= 4 is 17.4 Å². The van der Waals surface area contributed by atoms with Crippen LogP contribution in [0.1, 0.15) is 41.8 Å². The lowest BCUT2D eigenvalue weighted by Crippen LogP contribution is -2.40. The van der Waals surface area contributed by atoms with Gasteiger partial charge in [-0.15, -0.1) is 0 Å². The zero-order valence-corrected chi connectivity index (χ0v) is 19.1. The fourth-order valence-corrected chi connectivity index (χ4v) is 4.62. The van der Waals surface area contributed by atoms with Crippen LogP contribution in [0.5, 0.6) is 11.5 Å². The van der Waals surface area contributed by atoms with Gasteiger partial charge in [-0.3, -0.25) is 10.3 Å². The van der Waals surface area contributed by atoms with Gasteiger partial charge in [0.2, 0.25) is 0 Å². The number of nitrogens with zero attached hydrogens (tertiary/aromatic N) is 2. The third kappa shape index (κ3) is 5.15. The minimum atomic E-state index is -0.137. The quantitative estimate of drug-likeness (QED) is 0.401. The van der Waals surface area contributed by atoms with Crippen molar-refractivity contribution in [1.82, 2.24) is 15.2 Å². The Kier molecular flexibility index (Phi) is 6.51. The minimum absolute atomic E-state index is 0.137. The van der Waals surface area contributed by atoms with E-state index in [1.807, 2.05) is 30.3 Å². The van der Waals surface area contributed by atoms with Gasteiger partial charge in [0.25, 0.3) is 0 Å². The van der Waals surface area contributed by atoms with Gasteiger partial charge in [-0.05, 0) is 55.6 Å². The summed E-state index contributed by atoms with van der Waals surface area (Å²) in [6.45, 7) is 3.46. The van der Waals surface area contributed by atoms with Crippen molar-refractivity contribution in [3.8, 4) is 11.5 Å². The second kappa shape index (κ2) is 9.85.